The molecule has 1 unspecified atom stereocenters. The monoisotopic (exact) mass is 494 g/mol. The highest BCUT2D eigenvalue weighted by atomic mass is 35.5. The molecule has 3 aromatic rings. The first-order chi connectivity index (χ1) is 16.9. The molecule has 3 aromatic carbocycles. The standard InChI is InChI=1S/C28H32ClN3O3/c1-2-32(20-17-22-11-15-25(29)16-12-22,21-23-9-13-24(14-10-23)27(33)34)19-6-18-30-28(35)31-26-7-4-3-5-8-26/h3-5,7-16H,2,6,17-21H2,1H3,(H2-,30,31,33,34,35)/p+1. The first-order valence-corrected chi connectivity index (χ1v) is 12.3. The number of urea groups is 1. The van der Waals surface area contributed by atoms with E-state index in [9.17, 15) is 14.7 Å². The van der Waals surface area contributed by atoms with Crippen molar-refractivity contribution in [1.82, 2.24) is 5.32 Å². The fourth-order valence-corrected chi connectivity index (χ4v) is 4.29. The molecule has 0 bridgehead atoms. The number of carbonyl (C=O) groups is 2. The fourth-order valence-electron chi connectivity index (χ4n) is 4.17. The van der Waals surface area contributed by atoms with Crippen molar-refractivity contribution in [1.29, 1.82) is 0 Å². The van der Waals surface area contributed by atoms with Crippen LogP contribution in [0.4, 0.5) is 10.5 Å². The van der Waals surface area contributed by atoms with Crippen LogP contribution in [0, 0.1) is 0 Å². The first-order valence-electron chi connectivity index (χ1n) is 11.9. The molecule has 0 saturated heterocycles. The second kappa shape index (κ2) is 12.9. The molecular formula is C28H33ClN3O3+. The van der Waals surface area contributed by atoms with Gasteiger partial charge in [-0.05, 0) is 48.9 Å². The summed E-state index contributed by atoms with van der Waals surface area (Å²) >= 11 is 6.05. The van der Waals surface area contributed by atoms with Gasteiger partial charge in [-0.2, -0.15) is 0 Å². The van der Waals surface area contributed by atoms with E-state index in [0.717, 1.165) is 59.8 Å². The lowest BCUT2D eigenvalue weighted by Crippen LogP contribution is -2.50. The Balaban J connectivity index is 1.63. The lowest BCUT2D eigenvalue weighted by molar-refractivity contribution is -0.939. The maximum Gasteiger partial charge on any atom is 0.335 e. The molecule has 1 atom stereocenters. The quantitative estimate of drug-likeness (QED) is 0.219. The molecule has 0 saturated carbocycles. The molecular weight excluding hydrogens is 462 g/mol. The molecule has 184 valence electrons. The van der Waals surface area contributed by atoms with Crippen molar-refractivity contribution in [2.24, 2.45) is 0 Å². The number of carboxylic acid groups (broad SMARTS) is 1. The van der Waals surface area contributed by atoms with Gasteiger partial charge in [0.2, 0.25) is 0 Å². The number of anilines is 1. The predicted octanol–water partition coefficient (Wildman–Crippen LogP) is 5.83. The maximum atomic E-state index is 12.2. The normalized spacial score (nSPS) is 12.5. The molecule has 0 spiro atoms. The molecule has 0 aliphatic rings. The van der Waals surface area contributed by atoms with Crippen molar-refractivity contribution in [2.75, 3.05) is 31.5 Å². The Bertz CT molecular complexity index is 1090. The van der Waals surface area contributed by atoms with E-state index in [4.69, 9.17) is 11.6 Å². The molecule has 0 radical (unpaired) electrons. The van der Waals surface area contributed by atoms with Crippen molar-refractivity contribution < 1.29 is 19.2 Å². The summed E-state index contributed by atoms with van der Waals surface area (Å²) in [6.45, 7) is 6.27. The Morgan fingerprint density at radius 1 is 0.886 bits per heavy atom. The number of aromatic carboxylic acids is 1. The Kier molecular flexibility index (Phi) is 9.70. The molecule has 3 N–H and O–H groups in total. The van der Waals surface area contributed by atoms with Crippen molar-refractivity contribution in [3.05, 3.63) is 101 Å². The van der Waals surface area contributed by atoms with Crippen LogP contribution in [0.2, 0.25) is 5.02 Å². The topological polar surface area (TPSA) is 78.4 Å². The minimum absolute atomic E-state index is 0.212. The van der Waals surface area contributed by atoms with E-state index in [0.29, 0.717) is 6.54 Å². The highest BCUT2D eigenvalue weighted by molar-refractivity contribution is 6.30. The molecule has 0 fully saturated rings. The van der Waals surface area contributed by atoms with Crippen molar-refractivity contribution in [3.63, 3.8) is 0 Å². The molecule has 7 heteroatoms. The minimum atomic E-state index is -0.921. The Hall–Kier alpha value is -3.35. The van der Waals surface area contributed by atoms with Crippen LogP contribution in [0.15, 0.2) is 78.9 Å². The van der Waals surface area contributed by atoms with Crippen LogP contribution in [-0.4, -0.2) is 47.8 Å². The average molecular weight is 495 g/mol. The predicted molar refractivity (Wildman–Crippen MR) is 141 cm³/mol. The maximum absolute atomic E-state index is 12.2. The number of hydrogen-bond acceptors (Lipinski definition) is 2. The molecule has 6 nitrogen and oxygen atoms in total. The highest BCUT2D eigenvalue weighted by Crippen LogP contribution is 2.19. The number of carboxylic acids is 1. The number of likely N-dealkylation sites (N-methyl/N-ethyl adjacent to an activating group) is 1. The molecule has 0 aromatic heterocycles. The second-order valence-corrected chi connectivity index (χ2v) is 9.18. The van der Waals surface area contributed by atoms with E-state index < -0.39 is 5.97 Å². The number of halogens is 1. The zero-order chi connectivity index (χ0) is 25.1. The van der Waals surface area contributed by atoms with Crippen LogP contribution >= 0.6 is 11.6 Å². The van der Waals surface area contributed by atoms with Crippen LogP contribution < -0.4 is 10.6 Å². The highest BCUT2D eigenvalue weighted by Gasteiger charge is 2.26. The van der Waals surface area contributed by atoms with Gasteiger partial charge in [0, 0.05) is 35.7 Å². The molecule has 2 amide bonds. The number of quaternary nitrogens is 1. The number of amides is 2. The van der Waals surface area contributed by atoms with E-state index in [-0.39, 0.29) is 11.6 Å². The van der Waals surface area contributed by atoms with Crippen LogP contribution in [0.1, 0.15) is 34.8 Å². The number of benzene rings is 3. The number of nitrogens with zero attached hydrogens (tertiary/aromatic N) is 1. The van der Waals surface area contributed by atoms with Gasteiger partial charge >= 0.3 is 12.0 Å². The number of carbonyl (C=O) groups excluding carboxylic acids is 1. The zero-order valence-corrected chi connectivity index (χ0v) is 20.8. The van der Waals surface area contributed by atoms with E-state index in [1.165, 1.54) is 5.56 Å². The average Bonchev–Trinajstić information content (AvgIpc) is 2.87. The second-order valence-electron chi connectivity index (χ2n) is 8.74. The molecule has 0 heterocycles. The summed E-state index contributed by atoms with van der Waals surface area (Å²) < 4.78 is 0.830. The summed E-state index contributed by atoms with van der Waals surface area (Å²) in [5, 5.41) is 15.7. The molecule has 0 aliphatic carbocycles. The van der Waals surface area contributed by atoms with Gasteiger partial charge in [0.15, 0.2) is 0 Å². The van der Waals surface area contributed by atoms with Gasteiger partial charge in [0.25, 0.3) is 0 Å². The van der Waals surface area contributed by atoms with E-state index in [2.05, 4.69) is 29.7 Å². The largest absolute Gasteiger partial charge is 0.478 e. The lowest BCUT2D eigenvalue weighted by atomic mass is 10.1. The van der Waals surface area contributed by atoms with Gasteiger partial charge in [-0.1, -0.05) is 54.1 Å². The number of para-hydroxylation sites is 1. The molecule has 35 heavy (non-hydrogen) atoms. The number of rotatable bonds is 12. The van der Waals surface area contributed by atoms with E-state index in [1.54, 1.807) is 12.1 Å². The van der Waals surface area contributed by atoms with Crippen molar-refractivity contribution in [3.8, 4) is 0 Å². The first kappa shape index (κ1) is 26.3. The molecule has 0 aliphatic heterocycles. The summed E-state index contributed by atoms with van der Waals surface area (Å²) in [5.74, 6) is -0.921. The summed E-state index contributed by atoms with van der Waals surface area (Å²) in [6.07, 6.45) is 1.73. The summed E-state index contributed by atoms with van der Waals surface area (Å²) in [6, 6.07) is 24.2. The van der Waals surface area contributed by atoms with Gasteiger partial charge < -0.3 is 20.2 Å². The van der Waals surface area contributed by atoms with Crippen LogP contribution in [0.3, 0.4) is 0 Å². The summed E-state index contributed by atoms with van der Waals surface area (Å²) in [4.78, 5) is 23.5. The van der Waals surface area contributed by atoms with Gasteiger partial charge in [0.1, 0.15) is 6.54 Å². The van der Waals surface area contributed by atoms with Crippen LogP contribution in [-0.2, 0) is 13.0 Å². The van der Waals surface area contributed by atoms with E-state index >= 15 is 0 Å². The van der Waals surface area contributed by atoms with Gasteiger partial charge in [-0.3, -0.25) is 0 Å². The van der Waals surface area contributed by atoms with Gasteiger partial charge in [-0.25, -0.2) is 9.59 Å². The SMILES string of the molecule is CC[N+](CCCNC(=O)Nc1ccccc1)(CCc1ccc(Cl)cc1)Cc1ccc(C(=O)O)cc1. The van der Waals surface area contributed by atoms with Crippen LogP contribution in [0.5, 0.6) is 0 Å². The third-order valence-corrected chi connectivity index (χ3v) is 6.56. The Morgan fingerprint density at radius 2 is 1.54 bits per heavy atom. The smallest absolute Gasteiger partial charge is 0.335 e. The van der Waals surface area contributed by atoms with Gasteiger partial charge in [-0.15, -0.1) is 0 Å². The van der Waals surface area contributed by atoms with E-state index in [1.807, 2.05) is 54.6 Å². The third-order valence-electron chi connectivity index (χ3n) is 6.30. The van der Waals surface area contributed by atoms with Crippen molar-refractivity contribution in [2.45, 2.75) is 26.3 Å². The Labute approximate surface area is 212 Å². The lowest BCUT2D eigenvalue weighted by Gasteiger charge is -2.38. The molecule has 3 rings (SSSR count). The third kappa shape index (κ3) is 8.42. The minimum Gasteiger partial charge on any atom is -0.478 e. The van der Waals surface area contributed by atoms with Crippen LogP contribution in [0.25, 0.3) is 0 Å². The summed E-state index contributed by atoms with van der Waals surface area (Å²) in [7, 11) is 0. The van der Waals surface area contributed by atoms with Crippen molar-refractivity contribution >= 4 is 29.3 Å². The number of hydrogen-bond donors (Lipinski definition) is 3. The van der Waals surface area contributed by atoms with Gasteiger partial charge in [0.05, 0.1) is 25.2 Å². The fraction of sp³-hybridized carbons (Fsp3) is 0.286. The summed E-state index contributed by atoms with van der Waals surface area (Å²) in [5.41, 5.74) is 3.38. The Morgan fingerprint density at radius 3 is 2.17 bits per heavy atom. The zero-order valence-electron chi connectivity index (χ0n) is 20.0. The number of nitrogens with one attached hydrogen (secondary N) is 2.